The lowest BCUT2D eigenvalue weighted by molar-refractivity contribution is -0.385. The highest BCUT2D eigenvalue weighted by molar-refractivity contribution is 7.14. The van der Waals surface area contributed by atoms with Gasteiger partial charge in [0.15, 0.2) is 0 Å². The second-order valence-corrected chi connectivity index (χ2v) is 6.85. The third-order valence-corrected chi connectivity index (χ3v) is 5.03. The zero-order valence-electron chi connectivity index (χ0n) is 13.0. The van der Waals surface area contributed by atoms with E-state index < -0.39 is 16.6 Å². The number of nitrogens with zero attached hydrogens (tertiary/aromatic N) is 2. The van der Waals surface area contributed by atoms with Crippen LogP contribution in [-0.4, -0.2) is 23.9 Å². The highest BCUT2D eigenvalue weighted by Gasteiger charge is 2.23. The highest BCUT2D eigenvalue weighted by atomic mass is 32.1. The van der Waals surface area contributed by atoms with Gasteiger partial charge in [-0.15, -0.1) is 11.3 Å². The lowest BCUT2D eigenvalue weighted by Crippen LogP contribution is -2.21. The molecule has 0 unspecified atom stereocenters. The molecule has 126 valence electrons. The van der Waals surface area contributed by atoms with Gasteiger partial charge in [0.05, 0.1) is 20.4 Å². The molecule has 2 heterocycles. The summed E-state index contributed by atoms with van der Waals surface area (Å²) in [4.78, 5) is 25.5. The van der Waals surface area contributed by atoms with E-state index in [2.05, 4.69) is 5.32 Å². The molecule has 0 spiro atoms. The maximum Gasteiger partial charge on any atom is 0.283 e. The molecule has 1 aliphatic rings. The smallest absolute Gasteiger partial charge is 0.283 e. The fourth-order valence-electron chi connectivity index (χ4n) is 2.80. The van der Waals surface area contributed by atoms with E-state index in [0.717, 1.165) is 37.3 Å². The summed E-state index contributed by atoms with van der Waals surface area (Å²) >= 11 is 1.02. The first kappa shape index (κ1) is 16.4. The Hall–Kier alpha value is -2.48. The Balaban J connectivity index is 1.89. The number of halogens is 1. The van der Waals surface area contributed by atoms with Gasteiger partial charge in [-0.1, -0.05) is 6.07 Å². The SMILES string of the molecule is Cc1sc(C(=O)Nc2c(F)cccc2N2CCCC2)cc1[N+](=O)[O-]. The van der Waals surface area contributed by atoms with Crippen molar-refractivity contribution < 1.29 is 14.1 Å². The van der Waals surface area contributed by atoms with E-state index in [1.54, 1.807) is 19.1 Å². The predicted octanol–water partition coefficient (Wildman–Crippen LogP) is 3.96. The lowest BCUT2D eigenvalue weighted by atomic mass is 10.2. The Labute approximate surface area is 142 Å². The summed E-state index contributed by atoms with van der Waals surface area (Å²) in [6.45, 7) is 3.21. The number of amides is 1. The topological polar surface area (TPSA) is 75.5 Å². The lowest BCUT2D eigenvalue weighted by Gasteiger charge is -2.21. The molecule has 1 aliphatic heterocycles. The maximum absolute atomic E-state index is 14.2. The van der Waals surface area contributed by atoms with Crippen molar-refractivity contribution in [3.8, 4) is 0 Å². The van der Waals surface area contributed by atoms with E-state index in [4.69, 9.17) is 0 Å². The number of aryl methyl sites for hydroxylation is 1. The summed E-state index contributed by atoms with van der Waals surface area (Å²) in [6, 6.07) is 5.90. The van der Waals surface area contributed by atoms with Crippen LogP contribution in [0.3, 0.4) is 0 Å². The molecule has 3 rings (SSSR count). The number of carbonyl (C=O) groups is 1. The van der Waals surface area contributed by atoms with Gasteiger partial charge in [0.25, 0.3) is 11.6 Å². The van der Waals surface area contributed by atoms with E-state index in [9.17, 15) is 19.3 Å². The minimum atomic E-state index is -0.540. The van der Waals surface area contributed by atoms with E-state index in [-0.39, 0.29) is 16.3 Å². The molecule has 0 radical (unpaired) electrons. The van der Waals surface area contributed by atoms with Gasteiger partial charge in [0, 0.05) is 19.2 Å². The fourth-order valence-corrected chi connectivity index (χ4v) is 3.68. The Morgan fingerprint density at radius 3 is 2.71 bits per heavy atom. The summed E-state index contributed by atoms with van der Waals surface area (Å²) < 4.78 is 14.2. The standard InChI is InChI=1S/C16H16FN3O3S/c1-10-13(20(22)23)9-14(24-10)16(21)18-15-11(17)5-4-6-12(15)19-7-2-3-8-19/h4-6,9H,2-3,7-8H2,1H3,(H,18,21). The number of hydrogen-bond donors (Lipinski definition) is 1. The van der Waals surface area contributed by atoms with Gasteiger partial charge in [-0.3, -0.25) is 14.9 Å². The normalized spacial score (nSPS) is 14.0. The first-order valence-corrected chi connectivity index (χ1v) is 8.38. The van der Waals surface area contributed by atoms with Crippen LogP contribution >= 0.6 is 11.3 Å². The van der Waals surface area contributed by atoms with Crippen molar-refractivity contribution >= 4 is 34.3 Å². The zero-order valence-corrected chi connectivity index (χ0v) is 13.9. The van der Waals surface area contributed by atoms with Crippen molar-refractivity contribution in [3.05, 3.63) is 50.0 Å². The Morgan fingerprint density at radius 1 is 1.38 bits per heavy atom. The average molecular weight is 349 g/mol. The summed E-state index contributed by atoms with van der Waals surface area (Å²) in [6.07, 6.45) is 2.06. The molecule has 0 atom stereocenters. The maximum atomic E-state index is 14.2. The molecule has 1 saturated heterocycles. The van der Waals surface area contributed by atoms with E-state index >= 15 is 0 Å². The number of thiophene rings is 1. The van der Waals surface area contributed by atoms with Gasteiger partial charge in [-0.2, -0.15) is 0 Å². The van der Waals surface area contributed by atoms with Crippen molar-refractivity contribution in [2.45, 2.75) is 19.8 Å². The monoisotopic (exact) mass is 349 g/mol. The molecule has 0 saturated carbocycles. The largest absolute Gasteiger partial charge is 0.370 e. The molecular formula is C16H16FN3O3S. The molecule has 1 aromatic heterocycles. The fraction of sp³-hybridized carbons (Fsp3) is 0.312. The van der Waals surface area contributed by atoms with Gasteiger partial charge >= 0.3 is 0 Å². The number of nitrogens with one attached hydrogen (secondary N) is 1. The van der Waals surface area contributed by atoms with E-state index in [1.807, 2.05) is 4.90 Å². The quantitative estimate of drug-likeness (QED) is 0.670. The number of rotatable bonds is 4. The number of nitro groups is 1. The molecule has 8 heteroatoms. The summed E-state index contributed by atoms with van der Waals surface area (Å²) in [5.41, 5.74) is 0.667. The average Bonchev–Trinajstić information content (AvgIpc) is 3.18. The van der Waals surface area contributed by atoms with Crippen LogP contribution in [0.2, 0.25) is 0 Å². The molecule has 1 fully saturated rings. The highest BCUT2D eigenvalue weighted by Crippen LogP contribution is 2.33. The van der Waals surface area contributed by atoms with E-state index in [1.165, 1.54) is 12.1 Å². The van der Waals surface area contributed by atoms with Crippen LogP contribution < -0.4 is 10.2 Å². The van der Waals surface area contributed by atoms with Crippen molar-refractivity contribution in [2.75, 3.05) is 23.3 Å². The summed E-state index contributed by atoms with van der Waals surface area (Å²) in [7, 11) is 0. The number of carbonyl (C=O) groups excluding carboxylic acids is 1. The third-order valence-electron chi connectivity index (χ3n) is 3.99. The molecule has 1 aromatic carbocycles. The second kappa shape index (κ2) is 6.56. The van der Waals surface area contributed by atoms with Crippen LogP contribution in [-0.2, 0) is 0 Å². The molecule has 0 aliphatic carbocycles. The van der Waals surface area contributed by atoms with Crippen molar-refractivity contribution in [2.24, 2.45) is 0 Å². The van der Waals surface area contributed by atoms with Gasteiger partial charge in [-0.05, 0) is 31.9 Å². The summed E-state index contributed by atoms with van der Waals surface area (Å²) in [5.74, 6) is -1.06. The van der Waals surface area contributed by atoms with E-state index in [0.29, 0.717) is 10.6 Å². The van der Waals surface area contributed by atoms with Crippen molar-refractivity contribution in [1.29, 1.82) is 0 Å². The molecule has 6 nitrogen and oxygen atoms in total. The van der Waals surface area contributed by atoms with Crippen LogP contribution in [0.15, 0.2) is 24.3 Å². The van der Waals surface area contributed by atoms with Gasteiger partial charge in [-0.25, -0.2) is 4.39 Å². The molecule has 24 heavy (non-hydrogen) atoms. The predicted molar refractivity (Wildman–Crippen MR) is 91.5 cm³/mol. The number of benzene rings is 1. The summed E-state index contributed by atoms with van der Waals surface area (Å²) in [5, 5.41) is 13.5. The number of anilines is 2. The van der Waals surface area contributed by atoms with Crippen molar-refractivity contribution in [1.82, 2.24) is 0 Å². The Bertz CT molecular complexity index is 800. The minimum absolute atomic E-state index is 0.0987. The Morgan fingerprint density at radius 2 is 2.08 bits per heavy atom. The number of para-hydroxylation sites is 1. The molecule has 2 aromatic rings. The zero-order chi connectivity index (χ0) is 17.3. The van der Waals surface area contributed by atoms with Crippen LogP contribution in [0, 0.1) is 22.9 Å². The van der Waals surface area contributed by atoms with Crippen LogP contribution in [0.25, 0.3) is 0 Å². The molecule has 1 amide bonds. The van der Waals surface area contributed by atoms with Gasteiger partial charge < -0.3 is 10.2 Å². The van der Waals surface area contributed by atoms with Gasteiger partial charge in [0.1, 0.15) is 11.5 Å². The Kier molecular flexibility index (Phi) is 4.48. The van der Waals surface area contributed by atoms with Crippen LogP contribution in [0.4, 0.5) is 21.5 Å². The van der Waals surface area contributed by atoms with Crippen LogP contribution in [0.5, 0.6) is 0 Å². The molecular weight excluding hydrogens is 333 g/mol. The first-order valence-electron chi connectivity index (χ1n) is 7.57. The third kappa shape index (κ3) is 3.09. The molecule has 1 N–H and O–H groups in total. The number of hydrogen-bond acceptors (Lipinski definition) is 5. The minimum Gasteiger partial charge on any atom is -0.370 e. The first-order chi connectivity index (χ1) is 11.5. The van der Waals surface area contributed by atoms with Gasteiger partial charge in [0.2, 0.25) is 0 Å². The second-order valence-electron chi connectivity index (χ2n) is 5.59. The van der Waals surface area contributed by atoms with Crippen molar-refractivity contribution in [3.63, 3.8) is 0 Å². The van der Waals surface area contributed by atoms with Crippen LogP contribution in [0.1, 0.15) is 27.4 Å². The molecule has 0 bridgehead atoms.